The molecule has 0 saturated carbocycles. The molecule has 3 heterocycles. The summed E-state index contributed by atoms with van der Waals surface area (Å²) in [6.45, 7) is 1.98. The zero-order chi connectivity index (χ0) is 38.2. The van der Waals surface area contributed by atoms with Gasteiger partial charge < -0.3 is 9.80 Å². The Bertz CT molecular complexity index is 2350. The molecule has 0 spiro atoms. The van der Waals surface area contributed by atoms with E-state index in [0.29, 0.717) is 0 Å². The lowest BCUT2D eigenvalue weighted by Crippen LogP contribution is -2.37. The molecule has 57 heavy (non-hydrogen) atoms. The third-order valence-corrected chi connectivity index (χ3v) is 10.5. The van der Waals surface area contributed by atoms with Gasteiger partial charge in [0.15, 0.2) is 25.5 Å². The highest BCUT2D eigenvalue weighted by Crippen LogP contribution is 2.36. The molecule has 4 heteroatoms. The molecule has 0 aliphatic carbocycles. The van der Waals surface area contributed by atoms with Gasteiger partial charge in [0.05, 0.1) is 6.42 Å². The molecule has 8 aromatic rings. The molecule has 0 radical (unpaired) electrons. The Labute approximate surface area is 335 Å². The molecular formula is C53H44N4+2. The van der Waals surface area contributed by atoms with Gasteiger partial charge in [0.1, 0.15) is 0 Å². The highest BCUT2D eigenvalue weighted by molar-refractivity contribution is 5.80. The van der Waals surface area contributed by atoms with Crippen molar-refractivity contribution >= 4 is 58.4 Å². The van der Waals surface area contributed by atoms with Crippen LogP contribution in [0.3, 0.4) is 0 Å². The van der Waals surface area contributed by atoms with Crippen LogP contribution in [-0.4, -0.2) is 0 Å². The third-order valence-electron chi connectivity index (χ3n) is 10.5. The lowest BCUT2D eigenvalue weighted by atomic mass is 10.1. The van der Waals surface area contributed by atoms with E-state index >= 15 is 0 Å². The average Bonchev–Trinajstić information content (AvgIpc) is 3.46. The number of fused-ring (bicyclic) bond motifs is 3. The second-order valence-electron chi connectivity index (χ2n) is 14.3. The van der Waals surface area contributed by atoms with Crippen molar-refractivity contribution in [2.24, 2.45) is 0 Å². The van der Waals surface area contributed by atoms with Gasteiger partial charge in [-0.15, -0.1) is 0 Å². The first-order valence-electron chi connectivity index (χ1n) is 19.7. The van der Waals surface area contributed by atoms with E-state index in [2.05, 4.69) is 250 Å². The van der Waals surface area contributed by atoms with Gasteiger partial charge in [-0.2, -0.15) is 9.13 Å². The van der Waals surface area contributed by atoms with Crippen molar-refractivity contribution in [1.82, 2.24) is 0 Å². The molecule has 4 nitrogen and oxygen atoms in total. The maximum atomic E-state index is 2.39. The second kappa shape index (κ2) is 16.6. The number of benzene rings is 6. The van der Waals surface area contributed by atoms with Gasteiger partial charge in [-0.3, -0.25) is 0 Å². The molecule has 0 fully saturated rings. The van der Waals surface area contributed by atoms with E-state index in [1.807, 2.05) is 0 Å². The van der Waals surface area contributed by atoms with Crippen LogP contribution >= 0.6 is 0 Å². The standard InChI is InChI=1S/C53H44N4/c1-5-14-46(15-6-1)56(47-16-7-2-8-17-47)50-30-26-42(27-31-50)22-24-44-34-38-54-36-13-37-55-39-35-45(41-53(55)52(54)40-44)25-23-43-28-32-51(33-29-43)57(48-18-9-3-10-19-48)49-20-11-4-12-21-49/h1-12,14-35,38-41H,13,36-37H2/q+2. The Morgan fingerprint density at radius 1 is 0.316 bits per heavy atom. The summed E-state index contributed by atoms with van der Waals surface area (Å²) in [5.74, 6) is 0. The molecule has 6 aromatic carbocycles. The van der Waals surface area contributed by atoms with Gasteiger partial charge in [0.2, 0.25) is 0 Å². The van der Waals surface area contributed by atoms with Crippen LogP contribution in [0.5, 0.6) is 0 Å². The number of aromatic nitrogens is 2. The minimum absolute atomic E-state index is 0.988. The smallest absolute Gasteiger partial charge is 0.277 e. The first-order valence-corrected chi connectivity index (χ1v) is 19.7. The van der Waals surface area contributed by atoms with Crippen LogP contribution in [0.4, 0.5) is 34.1 Å². The van der Waals surface area contributed by atoms with E-state index < -0.39 is 0 Å². The zero-order valence-corrected chi connectivity index (χ0v) is 31.8. The Balaban J connectivity index is 0.944. The van der Waals surface area contributed by atoms with Crippen molar-refractivity contribution in [2.45, 2.75) is 19.5 Å². The number of rotatable bonds is 10. The molecule has 0 amide bonds. The maximum Gasteiger partial charge on any atom is 0.277 e. The summed E-state index contributed by atoms with van der Waals surface area (Å²) in [5.41, 5.74) is 13.9. The summed E-state index contributed by atoms with van der Waals surface area (Å²) < 4.78 is 4.79. The molecule has 0 saturated heterocycles. The van der Waals surface area contributed by atoms with Crippen LogP contribution in [0.2, 0.25) is 0 Å². The van der Waals surface area contributed by atoms with E-state index in [0.717, 1.165) is 64.8 Å². The highest BCUT2D eigenvalue weighted by Gasteiger charge is 2.27. The summed E-state index contributed by atoms with van der Waals surface area (Å²) in [7, 11) is 0. The topological polar surface area (TPSA) is 14.2 Å². The monoisotopic (exact) mass is 736 g/mol. The molecule has 0 unspecified atom stereocenters. The van der Waals surface area contributed by atoms with E-state index in [9.17, 15) is 0 Å². The molecule has 1 aliphatic rings. The van der Waals surface area contributed by atoms with Crippen molar-refractivity contribution in [2.75, 3.05) is 9.80 Å². The molecule has 0 bridgehead atoms. The maximum absolute atomic E-state index is 2.39. The lowest BCUT2D eigenvalue weighted by Gasteiger charge is -2.25. The van der Waals surface area contributed by atoms with Gasteiger partial charge in [0, 0.05) is 58.4 Å². The van der Waals surface area contributed by atoms with E-state index in [1.54, 1.807) is 0 Å². The fourth-order valence-electron chi connectivity index (χ4n) is 7.60. The first-order chi connectivity index (χ1) is 28.2. The fraction of sp³-hybridized carbons (Fsp3) is 0.0566. The minimum atomic E-state index is 0.988. The van der Waals surface area contributed by atoms with Crippen LogP contribution in [0.15, 0.2) is 207 Å². The summed E-state index contributed by atoms with van der Waals surface area (Å²) in [6.07, 6.45) is 14.4. The number of aryl methyl sites for hydroxylation is 2. The van der Waals surface area contributed by atoms with Gasteiger partial charge >= 0.3 is 0 Å². The van der Waals surface area contributed by atoms with Crippen LogP contribution in [0, 0.1) is 0 Å². The van der Waals surface area contributed by atoms with E-state index in [-0.39, 0.29) is 0 Å². The predicted octanol–water partition coefficient (Wildman–Crippen LogP) is 12.6. The number of nitrogens with zero attached hydrogens (tertiary/aromatic N) is 4. The molecule has 1 aliphatic heterocycles. The number of hydrogen-bond acceptors (Lipinski definition) is 2. The molecular weight excluding hydrogens is 693 g/mol. The lowest BCUT2D eigenvalue weighted by molar-refractivity contribution is -0.688. The van der Waals surface area contributed by atoms with E-state index in [1.165, 1.54) is 22.5 Å². The molecule has 0 atom stereocenters. The third kappa shape index (κ3) is 8.07. The van der Waals surface area contributed by atoms with Crippen LogP contribution in [0.1, 0.15) is 28.7 Å². The Hall–Kier alpha value is -7.30. The van der Waals surface area contributed by atoms with Crippen molar-refractivity contribution in [3.63, 3.8) is 0 Å². The molecule has 274 valence electrons. The largest absolute Gasteiger partial charge is 0.311 e. The molecule has 9 rings (SSSR count). The minimum Gasteiger partial charge on any atom is -0.311 e. The normalized spacial score (nSPS) is 12.2. The predicted molar refractivity (Wildman–Crippen MR) is 237 cm³/mol. The van der Waals surface area contributed by atoms with Gasteiger partial charge in [-0.25, -0.2) is 0 Å². The number of anilines is 6. The van der Waals surface area contributed by atoms with Crippen LogP contribution in [0.25, 0.3) is 35.7 Å². The Morgan fingerprint density at radius 2 is 0.614 bits per heavy atom. The highest BCUT2D eigenvalue weighted by atomic mass is 15.1. The molecule has 0 N–H and O–H groups in total. The molecule has 2 aromatic heterocycles. The first kappa shape index (κ1) is 35.4. The summed E-state index contributed by atoms with van der Waals surface area (Å²) in [4.78, 5) is 4.58. The fourth-order valence-corrected chi connectivity index (χ4v) is 7.60. The van der Waals surface area contributed by atoms with Gasteiger partial charge in [-0.05, 0) is 95.1 Å². The zero-order valence-electron chi connectivity index (χ0n) is 31.8. The van der Waals surface area contributed by atoms with Crippen LogP contribution < -0.4 is 18.9 Å². The van der Waals surface area contributed by atoms with Crippen molar-refractivity contribution in [3.8, 4) is 11.4 Å². The van der Waals surface area contributed by atoms with Crippen molar-refractivity contribution in [3.05, 3.63) is 229 Å². The van der Waals surface area contributed by atoms with E-state index in [4.69, 9.17) is 0 Å². The van der Waals surface area contributed by atoms with Crippen molar-refractivity contribution < 1.29 is 9.13 Å². The SMILES string of the molecule is C(=C\c1cc[n+]2c(c1)-c1cc(/C=C/c3ccc(N(c4ccccc4)c4ccccc4)cc3)cc[n+]1CCC2)/c1ccc(N(c2ccccc2)c2ccccc2)cc1. The summed E-state index contributed by atoms with van der Waals surface area (Å²) in [6, 6.07) is 68.8. The average molecular weight is 737 g/mol. The number of hydrogen-bond donors (Lipinski definition) is 0. The second-order valence-corrected chi connectivity index (χ2v) is 14.3. The number of pyridine rings is 2. The van der Waals surface area contributed by atoms with Gasteiger partial charge in [0.25, 0.3) is 11.4 Å². The van der Waals surface area contributed by atoms with Crippen molar-refractivity contribution in [1.29, 1.82) is 0 Å². The van der Waals surface area contributed by atoms with Gasteiger partial charge in [-0.1, -0.05) is 121 Å². The summed E-state index contributed by atoms with van der Waals surface area (Å²) in [5, 5.41) is 0. The Kier molecular flexibility index (Phi) is 10.3. The van der Waals surface area contributed by atoms with Crippen LogP contribution in [-0.2, 0) is 13.1 Å². The summed E-state index contributed by atoms with van der Waals surface area (Å²) >= 11 is 0. The quantitative estimate of drug-likeness (QED) is 0.130. The Morgan fingerprint density at radius 3 is 0.947 bits per heavy atom. The number of para-hydroxylation sites is 4.